The van der Waals surface area contributed by atoms with E-state index in [9.17, 15) is 0 Å². The zero-order valence-electron chi connectivity index (χ0n) is 4.81. The van der Waals surface area contributed by atoms with E-state index in [1.807, 2.05) is 0 Å². The molecule has 0 fully saturated rings. The summed E-state index contributed by atoms with van der Waals surface area (Å²) in [6, 6.07) is 0. The molecule has 0 N–H and O–H groups in total. The zero-order chi connectivity index (χ0) is 5.56. The number of rotatable bonds is 0. The number of allylic oxidation sites excluding steroid dienone is 4. The predicted molar refractivity (Wildman–Crippen MR) is 34.7 cm³/mol. The van der Waals surface area contributed by atoms with Gasteiger partial charge in [0, 0.05) is 31.1 Å². The minimum Gasteiger partial charge on any atom is -0.0888 e. The summed E-state index contributed by atoms with van der Waals surface area (Å²) >= 11 is 5.82. The molecule has 2 atom stereocenters. The topological polar surface area (TPSA) is 0 Å². The fraction of sp³-hybridized carbons (Fsp3) is 0.429. The van der Waals surface area contributed by atoms with Crippen LogP contribution in [0.1, 0.15) is 6.42 Å². The summed E-state index contributed by atoms with van der Waals surface area (Å²) in [7, 11) is 0. The maximum absolute atomic E-state index is 5.82. The third kappa shape index (κ3) is 1.14. The van der Waals surface area contributed by atoms with E-state index in [1.165, 1.54) is 6.42 Å². The largest absolute Gasteiger partial charge is 0.0888 e. The van der Waals surface area contributed by atoms with Crippen molar-refractivity contribution >= 4 is 11.6 Å². The standard InChI is InChI=1S/C7H7Cl.Ir/c8-7-4-5-1-2-6(7)3-5;/h1-2,4-6H,3H2;. The van der Waals surface area contributed by atoms with Gasteiger partial charge in [0.05, 0.1) is 0 Å². The molecule has 9 heavy (non-hydrogen) atoms. The fourth-order valence-electron chi connectivity index (χ4n) is 1.38. The molecule has 0 heterocycles. The summed E-state index contributed by atoms with van der Waals surface area (Å²) in [4.78, 5) is 0. The molecule has 0 aromatic heterocycles. The Morgan fingerprint density at radius 2 is 2.22 bits per heavy atom. The van der Waals surface area contributed by atoms with Gasteiger partial charge in [0.1, 0.15) is 0 Å². The third-order valence-electron chi connectivity index (χ3n) is 1.84. The molecule has 0 spiro atoms. The molecular formula is C7H7ClIr. The van der Waals surface area contributed by atoms with Gasteiger partial charge in [0.15, 0.2) is 0 Å². The van der Waals surface area contributed by atoms with E-state index in [0.29, 0.717) is 11.8 Å². The Balaban J connectivity index is 0.000000405. The molecule has 1 radical (unpaired) electrons. The minimum atomic E-state index is 0. The summed E-state index contributed by atoms with van der Waals surface area (Å²) < 4.78 is 0. The molecule has 0 aromatic rings. The Labute approximate surface area is 73.3 Å². The first-order valence-electron chi connectivity index (χ1n) is 2.92. The Morgan fingerprint density at radius 1 is 1.44 bits per heavy atom. The van der Waals surface area contributed by atoms with Crippen LogP contribution in [0.15, 0.2) is 23.3 Å². The summed E-state index contributed by atoms with van der Waals surface area (Å²) in [5.41, 5.74) is 0. The maximum atomic E-state index is 5.82. The zero-order valence-corrected chi connectivity index (χ0v) is 7.96. The summed E-state index contributed by atoms with van der Waals surface area (Å²) in [5.74, 6) is 1.26. The molecule has 2 aliphatic carbocycles. The van der Waals surface area contributed by atoms with Gasteiger partial charge in [-0.2, -0.15) is 0 Å². The molecule has 2 aliphatic rings. The second kappa shape index (κ2) is 2.57. The Morgan fingerprint density at radius 3 is 2.44 bits per heavy atom. The quantitative estimate of drug-likeness (QED) is 0.601. The van der Waals surface area contributed by atoms with Gasteiger partial charge in [0.25, 0.3) is 0 Å². The van der Waals surface area contributed by atoms with Crippen LogP contribution in [0.2, 0.25) is 0 Å². The second-order valence-corrected chi connectivity index (χ2v) is 2.88. The molecule has 0 nitrogen and oxygen atoms in total. The number of hydrogen-bond acceptors (Lipinski definition) is 0. The van der Waals surface area contributed by atoms with Crippen molar-refractivity contribution in [1.29, 1.82) is 0 Å². The van der Waals surface area contributed by atoms with Gasteiger partial charge in [-0.05, 0) is 12.3 Å². The van der Waals surface area contributed by atoms with Crippen molar-refractivity contribution in [2.45, 2.75) is 6.42 Å². The van der Waals surface area contributed by atoms with Gasteiger partial charge >= 0.3 is 0 Å². The van der Waals surface area contributed by atoms with Crippen molar-refractivity contribution in [3.63, 3.8) is 0 Å². The van der Waals surface area contributed by atoms with Gasteiger partial charge in [-0.15, -0.1) is 0 Å². The summed E-state index contributed by atoms with van der Waals surface area (Å²) in [6.45, 7) is 0. The van der Waals surface area contributed by atoms with Crippen LogP contribution in [0.3, 0.4) is 0 Å². The number of halogens is 1. The van der Waals surface area contributed by atoms with Gasteiger partial charge in [0.2, 0.25) is 0 Å². The van der Waals surface area contributed by atoms with Crippen molar-refractivity contribution in [2.75, 3.05) is 0 Å². The van der Waals surface area contributed by atoms with E-state index in [2.05, 4.69) is 18.2 Å². The molecule has 2 bridgehead atoms. The van der Waals surface area contributed by atoms with Crippen LogP contribution in [0.4, 0.5) is 0 Å². The average molecular weight is 319 g/mol. The average Bonchev–Trinajstić information content (AvgIpc) is 2.23. The number of fused-ring (bicyclic) bond motifs is 2. The Kier molecular flexibility index (Phi) is 2.15. The molecule has 0 saturated heterocycles. The molecule has 2 heteroatoms. The van der Waals surface area contributed by atoms with Gasteiger partial charge in [-0.1, -0.05) is 29.8 Å². The van der Waals surface area contributed by atoms with Crippen LogP contribution in [0.25, 0.3) is 0 Å². The summed E-state index contributed by atoms with van der Waals surface area (Å²) in [6.07, 6.45) is 7.81. The van der Waals surface area contributed by atoms with E-state index < -0.39 is 0 Å². The van der Waals surface area contributed by atoms with E-state index in [1.54, 1.807) is 0 Å². The second-order valence-electron chi connectivity index (χ2n) is 2.44. The Hall–Kier alpha value is 0.419. The smallest absolute Gasteiger partial charge is 0.0216 e. The first-order valence-corrected chi connectivity index (χ1v) is 3.29. The van der Waals surface area contributed by atoms with Crippen molar-refractivity contribution in [3.8, 4) is 0 Å². The SMILES string of the molecule is ClC1=CC2C=CC1C2.[Ir]. The van der Waals surface area contributed by atoms with Crippen molar-refractivity contribution in [2.24, 2.45) is 11.8 Å². The Bertz CT molecular complexity index is 172. The normalized spacial score (nSPS) is 36.3. The van der Waals surface area contributed by atoms with Crippen molar-refractivity contribution in [3.05, 3.63) is 23.3 Å². The molecule has 51 valence electrons. The fourth-order valence-corrected chi connectivity index (χ4v) is 1.71. The third-order valence-corrected chi connectivity index (χ3v) is 2.25. The van der Waals surface area contributed by atoms with E-state index in [0.717, 1.165) is 5.03 Å². The molecule has 0 amide bonds. The molecule has 0 aromatic carbocycles. The number of hydrogen-bond donors (Lipinski definition) is 0. The first kappa shape index (κ1) is 7.53. The molecular weight excluding hydrogens is 312 g/mol. The maximum Gasteiger partial charge on any atom is 0.0216 e. The van der Waals surface area contributed by atoms with Crippen molar-refractivity contribution in [1.82, 2.24) is 0 Å². The molecule has 0 aliphatic heterocycles. The predicted octanol–water partition coefficient (Wildman–Crippen LogP) is 2.31. The summed E-state index contributed by atoms with van der Waals surface area (Å²) in [5, 5.41) is 1.05. The van der Waals surface area contributed by atoms with E-state index in [-0.39, 0.29) is 20.1 Å². The van der Waals surface area contributed by atoms with Gasteiger partial charge in [-0.3, -0.25) is 0 Å². The van der Waals surface area contributed by atoms with Crippen LogP contribution in [-0.4, -0.2) is 0 Å². The van der Waals surface area contributed by atoms with E-state index in [4.69, 9.17) is 11.6 Å². The van der Waals surface area contributed by atoms with Crippen LogP contribution < -0.4 is 0 Å². The van der Waals surface area contributed by atoms with Gasteiger partial charge in [-0.25, -0.2) is 0 Å². The minimum absolute atomic E-state index is 0. The van der Waals surface area contributed by atoms with Gasteiger partial charge < -0.3 is 0 Å². The van der Waals surface area contributed by atoms with Crippen molar-refractivity contribution < 1.29 is 20.1 Å². The van der Waals surface area contributed by atoms with E-state index >= 15 is 0 Å². The van der Waals surface area contributed by atoms with Crippen LogP contribution in [-0.2, 0) is 20.1 Å². The van der Waals surface area contributed by atoms with Crippen LogP contribution in [0, 0.1) is 11.8 Å². The van der Waals surface area contributed by atoms with Crippen LogP contribution >= 0.6 is 11.6 Å². The molecule has 2 unspecified atom stereocenters. The van der Waals surface area contributed by atoms with Crippen LogP contribution in [0.5, 0.6) is 0 Å². The molecule has 2 rings (SSSR count). The monoisotopic (exact) mass is 319 g/mol. The molecule has 0 saturated carbocycles. The first-order chi connectivity index (χ1) is 3.86.